The van der Waals surface area contributed by atoms with Gasteiger partial charge in [-0.25, -0.2) is 0 Å². The molecule has 1 aromatic carbocycles. The van der Waals surface area contributed by atoms with Gasteiger partial charge in [0.25, 0.3) is 5.91 Å². The summed E-state index contributed by atoms with van der Waals surface area (Å²) in [5.74, 6) is 0.710. The third-order valence-corrected chi connectivity index (χ3v) is 4.92. The molecular formula is C21H26N4O2. The number of nitrogens with two attached hydrogens (primary N) is 1. The van der Waals surface area contributed by atoms with Crippen LogP contribution in [0.5, 0.6) is 0 Å². The molecule has 0 saturated carbocycles. The zero-order valence-electron chi connectivity index (χ0n) is 15.8. The van der Waals surface area contributed by atoms with Crippen molar-refractivity contribution in [1.82, 2.24) is 9.88 Å². The second-order valence-corrected chi connectivity index (χ2v) is 7.48. The SMILES string of the molecule is CC1CC(C)CN(C(=O)C(N)c2ccc(C(=O)Nc3ccncc3)cc2)C1. The Morgan fingerprint density at radius 2 is 1.67 bits per heavy atom. The minimum absolute atomic E-state index is 0.0533. The van der Waals surface area contributed by atoms with E-state index >= 15 is 0 Å². The summed E-state index contributed by atoms with van der Waals surface area (Å²) in [6, 6.07) is 9.63. The fraction of sp³-hybridized carbons (Fsp3) is 0.381. The third-order valence-electron chi connectivity index (χ3n) is 4.92. The number of nitrogens with zero attached hydrogens (tertiary/aromatic N) is 2. The van der Waals surface area contributed by atoms with Gasteiger partial charge in [-0.2, -0.15) is 0 Å². The molecule has 1 aromatic heterocycles. The van der Waals surface area contributed by atoms with Crippen LogP contribution in [0.1, 0.15) is 42.2 Å². The van der Waals surface area contributed by atoms with Crippen LogP contribution in [0, 0.1) is 11.8 Å². The summed E-state index contributed by atoms with van der Waals surface area (Å²) >= 11 is 0. The van der Waals surface area contributed by atoms with Crippen LogP contribution < -0.4 is 11.1 Å². The number of pyridine rings is 1. The molecule has 27 heavy (non-hydrogen) atoms. The summed E-state index contributed by atoms with van der Waals surface area (Å²) in [4.78, 5) is 30.9. The van der Waals surface area contributed by atoms with E-state index in [9.17, 15) is 9.59 Å². The van der Waals surface area contributed by atoms with E-state index in [0.29, 0.717) is 28.7 Å². The molecule has 1 fully saturated rings. The predicted molar refractivity (Wildman–Crippen MR) is 105 cm³/mol. The number of aromatic nitrogens is 1. The molecule has 3 unspecified atom stereocenters. The Morgan fingerprint density at radius 3 is 2.26 bits per heavy atom. The number of rotatable bonds is 4. The fourth-order valence-corrected chi connectivity index (χ4v) is 3.66. The number of carbonyl (C=O) groups excluding carboxylic acids is 2. The summed E-state index contributed by atoms with van der Waals surface area (Å²) in [6.07, 6.45) is 4.37. The number of nitrogens with one attached hydrogen (secondary N) is 1. The predicted octanol–water partition coefficient (Wildman–Crippen LogP) is 2.84. The highest BCUT2D eigenvalue weighted by atomic mass is 16.2. The van der Waals surface area contributed by atoms with Crippen LogP contribution in [-0.4, -0.2) is 34.8 Å². The maximum Gasteiger partial charge on any atom is 0.255 e. The molecule has 1 saturated heterocycles. The molecule has 0 radical (unpaired) electrons. The van der Waals surface area contributed by atoms with E-state index in [0.717, 1.165) is 19.5 Å². The van der Waals surface area contributed by atoms with Gasteiger partial charge >= 0.3 is 0 Å². The number of hydrogen-bond acceptors (Lipinski definition) is 4. The molecule has 0 aliphatic carbocycles. The van der Waals surface area contributed by atoms with Gasteiger partial charge in [0.15, 0.2) is 0 Å². The largest absolute Gasteiger partial charge is 0.341 e. The first kappa shape index (κ1) is 19.0. The lowest BCUT2D eigenvalue weighted by Gasteiger charge is -2.36. The van der Waals surface area contributed by atoms with Gasteiger partial charge in [-0.1, -0.05) is 26.0 Å². The van der Waals surface area contributed by atoms with Crippen LogP contribution in [-0.2, 0) is 4.79 Å². The average molecular weight is 366 g/mol. The minimum Gasteiger partial charge on any atom is -0.341 e. The van der Waals surface area contributed by atoms with E-state index in [1.54, 1.807) is 48.8 Å². The number of amides is 2. The molecule has 2 aromatic rings. The van der Waals surface area contributed by atoms with E-state index in [-0.39, 0.29) is 11.8 Å². The molecule has 2 amide bonds. The Bertz CT molecular complexity index is 782. The van der Waals surface area contributed by atoms with E-state index in [2.05, 4.69) is 24.1 Å². The van der Waals surface area contributed by atoms with Crippen molar-refractivity contribution in [3.63, 3.8) is 0 Å². The van der Waals surface area contributed by atoms with Crippen molar-refractivity contribution in [1.29, 1.82) is 0 Å². The maximum atomic E-state index is 12.8. The molecule has 0 bridgehead atoms. The van der Waals surface area contributed by atoms with Gasteiger partial charge in [-0.3, -0.25) is 14.6 Å². The van der Waals surface area contributed by atoms with Crippen LogP contribution in [0.3, 0.4) is 0 Å². The van der Waals surface area contributed by atoms with Crippen molar-refractivity contribution in [2.24, 2.45) is 17.6 Å². The summed E-state index contributed by atoms with van der Waals surface area (Å²) in [7, 11) is 0. The Hall–Kier alpha value is -2.73. The number of carbonyl (C=O) groups is 2. The Balaban J connectivity index is 1.65. The van der Waals surface area contributed by atoms with Crippen molar-refractivity contribution < 1.29 is 9.59 Å². The first-order valence-corrected chi connectivity index (χ1v) is 9.29. The molecule has 142 valence electrons. The Kier molecular flexibility index (Phi) is 5.86. The number of hydrogen-bond donors (Lipinski definition) is 2. The molecule has 3 atom stereocenters. The average Bonchev–Trinajstić information content (AvgIpc) is 2.67. The lowest BCUT2D eigenvalue weighted by atomic mass is 9.91. The summed E-state index contributed by atoms with van der Waals surface area (Å²) in [5, 5.41) is 2.81. The zero-order chi connectivity index (χ0) is 19.4. The number of piperidine rings is 1. The Labute approximate surface area is 159 Å². The molecule has 3 N–H and O–H groups in total. The highest BCUT2D eigenvalue weighted by molar-refractivity contribution is 6.04. The van der Waals surface area contributed by atoms with Crippen LogP contribution in [0.25, 0.3) is 0 Å². The van der Waals surface area contributed by atoms with Crippen molar-refractivity contribution in [3.05, 3.63) is 59.9 Å². The van der Waals surface area contributed by atoms with E-state index in [4.69, 9.17) is 5.73 Å². The van der Waals surface area contributed by atoms with Crippen molar-refractivity contribution in [2.75, 3.05) is 18.4 Å². The third kappa shape index (κ3) is 4.71. The summed E-state index contributed by atoms with van der Waals surface area (Å²) < 4.78 is 0. The van der Waals surface area contributed by atoms with Crippen LogP contribution in [0.4, 0.5) is 5.69 Å². The molecule has 1 aliphatic rings. The molecule has 6 nitrogen and oxygen atoms in total. The lowest BCUT2D eigenvalue weighted by Crippen LogP contribution is -2.46. The fourth-order valence-electron chi connectivity index (χ4n) is 3.66. The van der Waals surface area contributed by atoms with Gasteiger partial charge in [0, 0.05) is 36.7 Å². The first-order chi connectivity index (χ1) is 12.9. The smallest absolute Gasteiger partial charge is 0.255 e. The van der Waals surface area contributed by atoms with E-state index in [1.165, 1.54) is 0 Å². The number of likely N-dealkylation sites (tertiary alicyclic amines) is 1. The Morgan fingerprint density at radius 1 is 1.07 bits per heavy atom. The molecule has 2 heterocycles. The first-order valence-electron chi connectivity index (χ1n) is 9.29. The van der Waals surface area contributed by atoms with Gasteiger partial charge in [0.2, 0.25) is 5.91 Å². The molecular weight excluding hydrogens is 340 g/mol. The molecule has 3 rings (SSSR count). The van der Waals surface area contributed by atoms with Crippen molar-refractivity contribution in [3.8, 4) is 0 Å². The van der Waals surface area contributed by atoms with Gasteiger partial charge in [-0.15, -0.1) is 0 Å². The highest BCUT2D eigenvalue weighted by Gasteiger charge is 2.29. The summed E-state index contributed by atoms with van der Waals surface area (Å²) in [5.41, 5.74) is 8.12. The monoisotopic (exact) mass is 366 g/mol. The van der Waals surface area contributed by atoms with Gasteiger partial charge < -0.3 is 16.0 Å². The van der Waals surface area contributed by atoms with Crippen molar-refractivity contribution >= 4 is 17.5 Å². The van der Waals surface area contributed by atoms with Crippen LogP contribution >= 0.6 is 0 Å². The van der Waals surface area contributed by atoms with E-state index in [1.807, 2.05) is 4.90 Å². The number of anilines is 1. The zero-order valence-corrected chi connectivity index (χ0v) is 15.8. The quantitative estimate of drug-likeness (QED) is 0.871. The van der Waals surface area contributed by atoms with E-state index < -0.39 is 6.04 Å². The minimum atomic E-state index is -0.709. The maximum absolute atomic E-state index is 12.8. The van der Waals surface area contributed by atoms with Crippen molar-refractivity contribution in [2.45, 2.75) is 26.3 Å². The number of benzene rings is 1. The van der Waals surface area contributed by atoms with Crippen LogP contribution in [0.15, 0.2) is 48.8 Å². The molecule has 1 aliphatic heterocycles. The molecule has 0 spiro atoms. The van der Waals surface area contributed by atoms with Gasteiger partial charge in [0.05, 0.1) is 0 Å². The van der Waals surface area contributed by atoms with Gasteiger partial charge in [-0.05, 0) is 48.1 Å². The second kappa shape index (κ2) is 8.31. The topological polar surface area (TPSA) is 88.3 Å². The summed E-state index contributed by atoms with van der Waals surface area (Å²) in [6.45, 7) is 5.84. The standard InChI is InChI=1S/C21H26N4O2/c1-14-11-15(2)13-25(12-14)21(27)19(22)16-3-5-17(6-4-16)20(26)24-18-7-9-23-10-8-18/h3-10,14-15,19H,11-13,22H2,1-2H3,(H,23,24,26). The molecule has 6 heteroatoms. The second-order valence-electron chi connectivity index (χ2n) is 7.48. The highest BCUT2D eigenvalue weighted by Crippen LogP contribution is 2.24. The van der Waals surface area contributed by atoms with Gasteiger partial charge in [0.1, 0.15) is 6.04 Å². The van der Waals surface area contributed by atoms with Crippen LogP contribution in [0.2, 0.25) is 0 Å². The lowest BCUT2D eigenvalue weighted by molar-refractivity contribution is -0.135. The normalized spacial score (nSPS) is 20.8.